The molecule has 3 heterocycles. The molecule has 0 atom stereocenters. The Bertz CT molecular complexity index is 1110. The van der Waals surface area contributed by atoms with Gasteiger partial charge < -0.3 is 14.6 Å². The number of aromatic nitrogens is 2. The van der Waals surface area contributed by atoms with Crippen LogP contribution in [0, 0.1) is 0 Å². The van der Waals surface area contributed by atoms with Crippen LogP contribution >= 0.6 is 11.3 Å². The Morgan fingerprint density at radius 3 is 2.85 bits per heavy atom. The summed E-state index contributed by atoms with van der Waals surface area (Å²) in [4.78, 5) is 29.9. The van der Waals surface area contributed by atoms with E-state index in [1.165, 1.54) is 0 Å². The van der Waals surface area contributed by atoms with Gasteiger partial charge in [-0.05, 0) is 48.3 Å². The minimum Gasteiger partial charge on any atom is -0.546 e. The molecule has 0 N–H and O–H groups in total. The molecule has 0 spiro atoms. The fraction of sp³-hybridized carbons (Fsp3) is 0.250. The Kier molecular flexibility index (Phi) is 4.53. The largest absolute Gasteiger partial charge is 0.546 e. The third-order valence-electron chi connectivity index (χ3n) is 4.52. The molecule has 7 heteroatoms. The summed E-state index contributed by atoms with van der Waals surface area (Å²) in [7, 11) is 0. The topological polar surface area (TPSA) is 84.2 Å². The van der Waals surface area contributed by atoms with E-state index in [0.29, 0.717) is 17.7 Å². The van der Waals surface area contributed by atoms with Crippen molar-refractivity contribution in [1.29, 1.82) is 0 Å². The highest BCUT2D eigenvalue weighted by molar-refractivity contribution is 7.18. The van der Waals surface area contributed by atoms with E-state index in [4.69, 9.17) is 9.72 Å². The summed E-state index contributed by atoms with van der Waals surface area (Å²) in [5, 5.41) is 11.2. The molecule has 4 rings (SSSR count). The third-order valence-corrected chi connectivity index (χ3v) is 5.69. The molecule has 3 aromatic rings. The summed E-state index contributed by atoms with van der Waals surface area (Å²) in [5.74, 6) is -0.0596. The zero-order valence-corrected chi connectivity index (χ0v) is 15.5. The first-order valence-electron chi connectivity index (χ1n) is 8.72. The van der Waals surface area contributed by atoms with Gasteiger partial charge in [0.1, 0.15) is 23.0 Å². The number of hydrogen-bond donors (Lipinski definition) is 0. The number of carbonyl (C=O) groups excluding carboxylic acids is 1. The van der Waals surface area contributed by atoms with Gasteiger partial charge in [-0.1, -0.05) is 19.1 Å². The second-order valence-electron chi connectivity index (χ2n) is 6.33. The molecule has 0 bridgehead atoms. The second kappa shape index (κ2) is 7.00. The molecule has 27 heavy (non-hydrogen) atoms. The monoisotopic (exact) mass is 381 g/mol. The SMILES string of the molecule is CCc1cc2c(=O)n3c(nc2s1)/C(=C/c1ccc(OCC(=O)[O-])cc1)CC3. The fourth-order valence-electron chi connectivity index (χ4n) is 3.18. The Labute approximate surface area is 159 Å². The molecule has 1 aliphatic rings. The van der Waals surface area contributed by atoms with Crippen LogP contribution in [0.1, 0.15) is 29.6 Å². The zero-order chi connectivity index (χ0) is 19.0. The highest BCUT2D eigenvalue weighted by Crippen LogP contribution is 2.30. The van der Waals surface area contributed by atoms with Crippen LogP contribution in [0.25, 0.3) is 21.9 Å². The lowest BCUT2D eigenvalue weighted by Gasteiger charge is -2.07. The van der Waals surface area contributed by atoms with E-state index in [-0.39, 0.29) is 5.56 Å². The zero-order valence-electron chi connectivity index (χ0n) is 14.7. The van der Waals surface area contributed by atoms with E-state index < -0.39 is 12.6 Å². The van der Waals surface area contributed by atoms with Crippen LogP contribution in [0.5, 0.6) is 5.75 Å². The van der Waals surface area contributed by atoms with Crippen molar-refractivity contribution < 1.29 is 14.6 Å². The van der Waals surface area contributed by atoms with E-state index in [2.05, 4.69) is 6.92 Å². The lowest BCUT2D eigenvalue weighted by Crippen LogP contribution is -2.28. The Morgan fingerprint density at radius 2 is 2.15 bits per heavy atom. The molecule has 0 aliphatic carbocycles. The van der Waals surface area contributed by atoms with Crippen LogP contribution in [0.15, 0.2) is 35.1 Å². The maximum atomic E-state index is 12.8. The van der Waals surface area contributed by atoms with Gasteiger partial charge in [0.2, 0.25) is 0 Å². The summed E-state index contributed by atoms with van der Waals surface area (Å²) in [5.41, 5.74) is 1.98. The number of hydrogen-bond acceptors (Lipinski definition) is 6. The predicted molar refractivity (Wildman–Crippen MR) is 103 cm³/mol. The number of fused-ring (bicyclic) bond motifs is 2. The van der Waals surface area contributed by atoms with E-state index in [1.807, 2.05) is 24.3 Å². The molecule has 0 fully saturated rings. The molecule has 1 aliphatic heterocycles. The summed E-state index contributed by atoms with van der Waals surface area (Å²) in [6.45, 7) is 2.23. The van der Waals surface area contributed by atoms with Crippen LogP contribution in [0.2, 0.25) is 0 Å². The summed E-state index contributed by atoms with van der Waals surface area (Å²) in [6.07, 6.45) is 3.65. The first-order valence-corrected chi connectivity index (χ1v) is 9.53. The number of carboxylic acids is 1. The van der Waals surface area contributed by atoms with Crippen LogP contribution in [-0.4, -0.2) is 22.1 Å². The second-order valence-corrected chi connectivity index (χ2v) is 7.44. The van der Waals surface area contributed by atoms with Gasteiger partial charge in [-0.15, -0.1) is 11.3 Å². The molecule has 0 radical (unpaired) electrons. The molecule has 0 saturated heterocycles. The van der Waals surface area contributed by atoms with Gasteiger partial charge in [0.05, 0.1) is 11.4 Å². The third kappa shape index (κ3) is 3.38. The molecule has 1 aromatic carbocycles. The summed E-state index contributed by atoms with van der Waals surface area (Å²) >= 11 is 1.57. The van der Waals surface area contributed by atoms with Crippen molar-refractivity contribution >= 4 is 39.2 Å². The van der Waals surface area contributed by atoms with E-state index in [9.17, 15) is 14.7 Å². The number of ether oxygens (including phenoxy) is 1. The van der Waals surface area contributed by atoms with Crippen LogP contribution in [0.4, 0.5) is 0 Å². The minimum atomic E-state index is -1.26. The Balaban J connectivity index is 1.66. The molecular weight excluding hydrogens is 364 g/mol. The average Bonchev–Trinajstić information content (AvgIpc) is 3.26. The van der Waals surface area contributed by atoms with Gasteiger partial charge in [-0.25, -0.2) is 4.98 Å². The normalized spacial score (nSPS) is 14.6. The lowest BCUT2D eigenvalue weighted by atomic mass is 10.1. The van der Waals surface area contributed by atoms with Gasteiger partial charge in [-0.2, -0.15) is 0 Å². The minimum absolute atomic E-state index is 0.0281. The number of rotatable bonds is 5. The molecule has 6 nitrogen and oxygen atoms in total. The van der Waals surface area contributed by atoms with Gasteiger partial charge in [0.15, 0.2) is 0 Å². The van der Waals surface area contributed by atoms with Crippen LogP contribution < -0.4 is 15.4 Å². The molecular formula is C20H17N2O4S-. The summed E-state index contributed by atoms with van der Waals surface area (Å²) in [6, 6.07) is 9.06. The average molecular weight is 381 g/mol. The van der Waals surface area contributed by atoms with Crippen molar-refractivity contribution in [2.24, 2.45) is 0 Å². The number of allylic oxidation sites excluding steroid dienone is 1. The fourth-order valence-corrected chi connectivity index (χ4v) is 4.13. The van der Waals surface area contributed by atoms with Gasteiger partial charge >= 0.3 is 0 Å². The maximum absolute atomic E-state index is 12.8. The predicted octanol–water partition coefficient (Wildman–Crippen LogP) is 2.09. The standard InChI is InChI=1S/C20H18N2O4S/c1-2-15-10-16-19(27-15)21-18-13(7-8-22(18)20(16)25)9-12-3-5-14(6-4-12)26-11-17(23)24/h3-6,9-10H,2,7-8,11H2,1H3,(H,23,24)/p-1/b13-9+. The lowest BCUT2D eigenvalue weighted by molar-refractivity contribution is -0.307. The van der Waals surface area contributed by atoms with E-state index >= 15 is 0 Å². The number of carbonyl (C=O) groups is 1. The van der Waals surface area contributed by atoms with Gasteiger partial charge in [0, 0.05) is 11.4 Å². The highest BCUT2D eigenvalue weighted by Gasteiger charge is 2.21. The van der Waals surface area contributed by atoms with Crippen LogP contribution in [-0.2, 0) is 17.8 Å². The number of thiophene rings is 1. The van der Waals surface area contributed by atoms with Crippen molar-refractivity contribution in [3.05, 3.63) is 57.0 Å². The van der Waals surface area contributed by atoms with Crippen molar-refractivity contribution in [2.75, 3.05) is 6.61 Å². The van der Waals surface area contributed by atoms with E-state index in [0.717, 1.165) is 39.5 Å². The molecule has 0 unspecified atom stereocenters. The number of nitrogens with zero attached hydrogens (tertiary/aromatic N) is 2. The Morgan fingerprint density at radius 1 is 1.37 bits per heavy atom. The quantitative estimate of drug-likeness (QED) is 0.676. The van der Waals surface area contributed by atoms with Gasteiger partial charge in [0.25, 0.3) is 5.56 Å². The van der Waals surface area contributed by atoms with Crippen molar-refractivity contribution in [3.8, 4) is 5.75 Å². The number of aliphatic carboxylic acids is 1. The van der Waals surface area contributed by atoms with Crippen molar-refractivity contribution in [2.45, 2.75) is 26.3 Å². The first kappa shape index (κ1) is 17.5. The van der Waals surface area contributed by atoms with Crippen molar-refractivity contribution in [1.82, 2.24) is 9.55 Å². The molecule has 138 valence electrons. The van der Waals surface area contributed by atoms with E-state index in [1.54, 1.807) is 28.0 Å². The van der Waals surface area contributed by atoms with Crippen molar-refractivity contribution in [3.63, 3.8) is 0 Å². The first-order chi connectivity index (χ1) is 13.0. The van der Waals surface area contributed by atoms with Crippen LogP contribution in [0.3, 0.4) is 0 Å². The molecule has 0 amide bonds. The molecule has 0 saturated carbocycles. The van der Waals surface area contributed by atoms with Gasteiger partial charge in [-0.3, -0.25) is 9.36 Å². The number of carboxylic acid groups (broad SMARTS) is 1. The Hall–Kier alpha value is -2.93. The smallest absolute Gasteiger partial charge is 0.262 e. The number of aryl methyl sites for hydroxylation is 1. The highest BCUT2D eigenvalue weighted by atomic mass is 32.1. The maximum Gasteiger partial charge on any atom is 0.262 e. The number of benzene rings is 1. The molecule has 2 aromatic heterocycles. The summed E-state index contributed by atoms with van der Waals surface area (Å²) < 4.78 is 6.83.